The zero-order valence-corrected chi connectivity index (χ0v) is 19.2. The first-order chi connectivity index (χ1) is 16.1. The van der Waals surface area contributed by atoms with Crippen molar-refractivity contribution in [2.24, 2.45) is 5.73 Å². The average Bonchev–Trinajstić information content (AvgIpc) is 3.41. The average molecular weight is 491 g/mol. The van der Waals surface area contributed by atoms with Crippen LogP contribution in [0.3, 0.4) is 0 Å². The van der Waals surface area contributed by atoms with Crippen molar-refractivity contribution in [2.45, 2.75) is 19.2 Å². The Balaban J connectivity index is 1.75. The summed E-state index contributed by atoms with van der Waals surface area (Å²) in [7, 11) is 3.02. The van der Waals surface area contributed by atoms with Gasteiger partial charge in [-0.3, -0.25) is 9.36 Å². The van der Waals surface area contributed by atoms with Gasteiger partial charge in [0.1, 0.15) is 28.1 Å². The molecule has 2 aromatic heterocycles. The summed E-state index contributed by atoms with van der Waals surface area (Å²) in [6.45, 7) is 1.48. The molecule has 0 saturated carbocycles. The number of carbonyl (C=O) groups excluding carboxylic acids is 1. The van der Waals surface area contributed by atoms with Gasteiger partial charge in [0.2, 0.25) is 0 Å². The van der Waals surface area contributed by atoms with Gasteiger partial charge >= 0.3 is 6.18 Å². The number of primary amides is 1. The van der Waals surface area contributed by atoms with Gasteiger partial charge in [0.15, 0.2) is 11.5 Å². The Morgan fingerprint density at radius 1 is 1.09 bits per heavy atom. The highest BCUT2D eigenvalue weighted by atomic mass is 32.1. The number of benzene rings is 2. The van der Waals surface area contributed by atoms with Gasteiger partial charge in [0, 0.05) is 23.8 Å². The van der Waals surface area contributed by atoms with Gasteiger partial charge in [-0.05, 0) is 13.0 Å². The molecule has 1 atom stereocenters. The number of carbonyl (C=O) groups is 1. The standard InChI is InChI=1S/C23H20F3N3O4S/c1-12(13-6-4-5-7-14(13)23(24,25)26)33-19-10-20(34-21(19)22(27)30)29-11-28-15-8-17(31-2)18(32-3)9-16(15)29/h4-12H,1-3H3,(H2,27,30)/t12-/m1/s1. The molecular weight excluding hydrogens is 471 g/mol. The fourth-order valence-corrected chi connectivity index (χ4v) is 4.54. The number of methoxy groups -OCH3 is 2. The number of nitrogens with zero attached hydrogens (tertiary/aromatic N) is 2. The summed E-state index contributed by atoms with van der Waals surface area (Å²) in [5.41, 5.74) is 5.96. The van der Waals surface area contributed by atoms with Gasteiger partial charge in [-0.25, -0.2) is 4.98 Å². The first-order valence-electron chi connectivity index (χ1n) is 10.00. The molecule has 0 fully saturated rings. The minimum absolute atomic E-state index is 0.0527. The van der Waals surface area contributed by atoms with Gasteiger partial charge in [-0.2, -0.15) is 13.2 Å². The van der Waals surface area contributed by atoms with Crippen LogP contribution in [0.1, 0.15) is 33.8 Å². The number of imidazole rings is 1. The maximum Gasteiger partial charge on any atom is 0.416 e. The first-order valence-corrected chi connectivity index (χ1v) is 10.8. The van der Waals surface area contributed by atoms with Crippen LogP contribution in [0, 0.1) is 0 Å². The molecule has 2 heterocycles. The number of hydrogen-bond acceptors (Lipinski definition) is 6. The summed E-state index contributed by atoms with van der Waals surface area (Å²) < 4.78 is 58.6. The summed E-state index contributed by atoms with van der Waals surface area (Å²) in [6.07, 6.45) is -4.00. The van der Waals surface area contributed by atoms with Crippen LogP contribution < -0.4 is 19.9 Å². The van der Waals surface area contributed by atoms with Crippen LogP contribution in [0.15, 0.2) is 48.8 Å². The number of alkyl halides is 3. The predicted molar refractivity (Wildman–Crippen MR) is 121 cm³/mol. The Hall–Kier alpha value is -3.73. The quantitative estimate of drug-likeness (QED) is 0.376. The Morgan fingerprint density at radius 3 is 2.41 bits per heavy atom. The third-order valence-electron chi connectivity index (χ3n) is 5.21. The first kappa shape index (κ1) is 23.4. The number of ether oxygens (including phenoxy) is 3. The smallest absolute Gasteiger partial charge is 0.416 e. The van der Waals surface area contributed by atoms with E-state index in [0.717, 1.165) is 17.4 Å². The molecule has 0 aliphatic rings. The van der Waals surface area contributed by atoms with Crippen LogP contribution in [0.2, 0.25) is 0 Å². The highest BCUT2D eigenvalue weighted by Gasteiger charge is 2.35. The minimum atomic E-state index is -4.55. The van der Waals surface area contributed by atoms with Gasteiger partial charge in [-0.15, -0.1) is 11.3 Å². The highest BCUT2D eigenvalue weighted by Crippen LogP contribution is 2.40. The van der Waals surface area contributed by atoms with Crippen molar-refractivity contribution >= 4 is 28.3 Å². The van der Waals surface area contributed by atoms with Gasteiger partial charge in [0.05, 0.1) is 30.8 Å². The van der Waals surface area contributed by atoms with E-state index in [4.69, 9.17) is 19.9 Å². The van der Waals surface area contributed by atoms with E-state index in [1.807, 2.05) is 0 Å². The van der Waals surface area contributed by atoms with E-state index in [9.17, 15) is 18.0 Å². The molecule has 11 heteroatoms. The lowest BCUT2D eigenvalue weighted by molar-refractivity contribution is -0.138. The van der Waals surface area contributed by atoms with Crippen LogP contribution in [0.4, 0.5) is 13.2 Å². The second-order valence-corrected chi connectivity index (χ2v) is 8.33. The second kappa shape index (κ2) is 8.90. The van der Waals surface area contributed by atoms with Crippen molar-refractivity contribution < 1.29 is 32.2 Å². The largest absolute Gasteiger partial charge is 0.493 e. The molecule has 0 spiro atoms. The van der Waals surface area contributed by atoms with Crippen molar-refractivity contribution in [3.05, 3.63) is 64.8 Å². The van der Waals surface area contributed by atoms with Crippen LogP contribution in [0.25, 0.3) is 16.0 Å². The molecule has 4 rings (SSSR count). The van der Waals surface area contributed by atoms with Gasteiger partial charge in [-0.1, -0.05) is 18.2 Å². The van der Waals surface area contributed by atoms with E-state index in [1.165, 1.54) is 39.3 Å². The molecule has 4 aromatic rings. The lowest BCUT2D eigenvalue weighted by atomic mass is 10.0. The summed E-state index contributed by atoms with van der Waals surface area (Å²) in [5, 5.41) is 0.537. The molecule has 7 nitrogen and oxygen atoms in total. The van der Waals surface area contributed by atoms with E-state index in [-0.39, 0.29) is 16.2 Å². The van der Waals surface area contributed by atoms with E-state index >= 15 is 0 Å². The number of hydrogen-bond donors (Lipinski definition) is 1. The molecule has 0 bridgehead atoms. The fraction of sp³-hybridized carbons (Fsp3) is 0.217. The molecule has 0 aliphatic carbocycles. The van der Waals surface area contributed by atoms with E-state index in [1.54, 1.807) is 29.1 Å². The zero-order chi connectivity index (χ0) is 24.6. The van der Waals surface area contributed by atoms with Gasteiger partial charge < -0.3 is 19.9 Å². The number of aromatic nitrogens is 2. The number of amides is 1. The Kier molecular flexibility index (Phi) is 6.13. The van der Waals surface area contributed by atoms with Crippen LogP contribution in [-0.2, 0) is 6.18 Å². The van der Waals surface area contributed by atoms with E-state index < -0.39 is 23.8 Å². The van der Waals surface area contributed by atoms with Crippen LogP contribution in [0.5, 0.6) is 17.2 Å². The molecule has 2 N–H and O–H groups in total. The van der Waals surface area contributed by atoms with Crippen molar-refractivity contribution in [2.75, 3.05) is 14.2 Å². The Bertz CT molecular complexity index is 1360. The van der Waals surface area contributed by atoms with Crippen LogP contribution in [-0.4, -0.2) is 29.7 Å². The van der Waals surface area contributed by atoms with Crippen molar-refractivity contribution in [1.29, 1.82) is 0 Å². The van der Waals surface area contributed by atoms with Crippen molar-refractivity contribution in [1.82, 2.24) is 9.55 Å². The molecule has 0 aliphatic heterocycles. The molecule has 178 valence electrons. The Labute approximate surface area is 196 Å². The second-order valence-electron chi connectivity index (χ2n) is 7.30. The lowest BCUT2D eigenvalue weighted by Crippen LogP contribution is -2.15. The molecule has 0 unspecified atom stereocenters. The summed E-state index contributed by atoms with van der Waals surface area (Å²) in [6, 6.07) is 10.1. The normalized spacial score (nSPS) is 12.5. The fourth-order valence-electron chi connectivity index (χ4n) is 3.62. The highest BCUT2D eigenvalue weighted by molar-refractivity contribution is 7.16. The molecular formula is C23H20F3N3O4S. The summed E-state index contributed by atoms with van der Waals surface area (Å²) >= 11 is 1.04. The SMILES string of the molecule is COc1cc2ncn(-c3cc(O[C@H](C)c4ccccc4C(F)(F)F)c(C(N)=O)s3)c2cc1OC. The number of rotatable bonds is 7. The molecule has 2 aromatic carbocycles. The number of thiophene rings is 1. The zero-order valence-electron chi connectivity index (χ0n) is 18.3. The van der Waals surface area contributed by atoms with E-state index in [2.05, 4.69) is 4.98 Å². The maximum absolute atomic E-state index is 13.5. The third-order valence-corrected chi connectivity index (χ3v) is 6.34. The molecule has 0 radical (unpaired) electrons. The van der Waals surface area contributed by atoms with Crippen LogP contribution >= 0.6 is 11.3 Å². The minimum Gasteiger partial charge on any atom is -0.493 e. The van der Waals surface area contributed by atoms with Crippen molar-refractivity contribution in [3.63, 3.8) is 0 Å². The Morgan fingerprint density at radius 2 is 1.76 bits per heavy atom. The molecule has 1 amide bonds. The molecule has 34 heavy (non-hydrogen) atoms. The third kappa shape index (κ3) is 4.26. The lowest BCUT2D eigenvalue weighted by Gasteiger charge is -2.19. The maximum atomic E-state index is 13.5. The number of halogens is 3. The predicted octanol–water partition coefficient (Wildman–Crippen LogP) is 5.36. The molecule has 0 saturated heterocycles. The number of nitrogens with two attached hydrogens (primary N) is 1. The topological polar surface area (TPSA) is 88.6 Å². The van der Waals surface area contributed by atoms with Crippen molar-refractivity contribution in [3.8, 4) is 22.2 Å². The summed E-state index contributed by atoms with van der Waals surface area (Å²) in [5.74, 6) is 0.313. The summed E-state index contributed by atoms with van der Waals surface area (Å²) in [4.78, 5) is 16.5. The monoisotopic (exact) mass is 491 g/mol. The van der Waals surface area contributed by atoms with Gasteiger partial charge in [0.25, 0.3) is 5.91 Å². The van der Waals surface area contributed by atoms with E-state index in [0.29, 0.717) is 27.5 Å². The number of fused-ring (bicyclic) bond motifs is 1.